The summed E-state index contributed by atoms with van der Waals surface area (Å²) >= 11 is 3.59. The normalized spacial score (nSPS) is 18.5. The van der Waals surface area contributed by atoms with E-state index >= 15 is 0 Å². The average molecular weight is 311 g/mol. The molecule has 1 aliphatic rings. The van der Waals surface area contributed by atoms with E-state index in [-0.39, 0.29) is 0 Å². The van der Waals surface area contributed by atoms with Crippen LogP contribution in [0.4, 0.5) is 5.69 Å². The summed E-state index contributed by atoms with van der Waals surface area (Å²) in [6.07, 6.45) is 2.77. The molecule has 1 aromatic carbocycles. The third-order valence-corrected chi connectivity index (χ3v) is 4.68. The molecule has 0 heterocycles. The predicted molar refractivity (Wildman–Crippen MR) is 82.2 cm³/mol. The van der Waals surface area contributed by atoms with Gasteiger partial charge in [-0.05, 0) is 57.4 Å². The molecule has 0 bridgehead atoms. The topological polar surface area (TPSA) is 15.3 Å². The first kappa shape index (κ1) is 13.9. The van der Waals surface area contributed by atoms with Gasteiger partial charge in [-0.15, -0.1) is 0 Å². The minimum absolute atomic E-state index is 0.377. The molecule has 100 valence electrons. The third kappa shape index (κ3) is 2.89. The predicted octanol–water partition coefficient (Wildman–Crippen LogP) is 3.96. The standard InChI is InChI=1S/C15H23BrN2/c1-10(17-3)14-8-7-13(16)9-15(14)18(4)11(2)12-5-6-12/h7-12,17H,5-6H2,1-4H3. The van der Waals surface area contributed by atoms with Gasteiger partial charge in [0.2, 0.25) is 0 Å². The van der Waals surface area contributed by atoms with Crippen molar-refractivity contribution in [1.82, 2.24) is 5.32 Å². The molecule has 0 radical (unpaired) electrons. The van der Waals surface area contributed by atoms with Crippen LogP contribution in [-0.2, 0) is 0 Å². The van der Waals surface area contributed by atoms with Crippen LogP contribution in [0.1, 0.15) is 38.3 Å². The van der Waals surface area contributed by atoms with Crippen molar-refractivity contribution in [2.45, 2.75) is 38.8 Å². The molecule has 2 nitrogen and oxygen atoms in total. The summed E-state index contributed by atoms with van der Waals surface area (Å²) in [5.74, 6) is 0.881. The molecule has 0 saturated heterocycles. The van der Waals surface area contributed by atoms with Crippen LogP contribution >= 0.6 is 15.9 Å². The number of rotatable bonds is 5. The van der Waals surface area contributed by atoms with E-state index in [1.165, 1.54) is 24.1 Å². The number of anilines is 1. The van der Waals surface area contributed by atoms with Crippen LogP contribution in [0.25, 0.3) is 0 Å². The molecular weight excluding hydrogens is 288 g/mol. The van der Waals surface area contributed by atoms with E-state index in [1.807, 2.05) is 7.05 Å². The van der Waals surface area contributed by atoms with E-state index in [0.29, 0.717) is 12.1 Å². The van der Waals surface area contributed by atoms with E-state index in [9.17, 15) is 0 Å². The molecule has 1 saturated carbocycles. The number of nitrogens with one attached hydrogen (secondary N) is 1. The first-order valence-corrected chi connectivity index (χ1v) is 7.53. The van der Waals surface area contributed by atoms with Crippen molar-refractivity contribution in [3.05, 3.63) is 28.2 Å². The molecule has 1 fully saturated rings. The molecule has 0 amide bonds. The zero-order valence-corrected chi connectivity index (χ0v) is 13.3. The second-order valence-corrected chi connectivity index (χ2v) is 6.32. The molecule has 2 atom stereocenters. The molecule has 0 aliphatic heterocycles. The molecular formula is C15H23BrN2. The fraction of sp³-hybridized carbons (Fsp3) is 0.600. The van der Waals surface area contributed by atoms with Crippen molar-refractivity contribution in [3.8, 4) is 0 Å². The Bertz CT molecular complexity index is 415. The summed E-state index contributed by atoms with van der Waals surface area (Å²) in [7, 11) is 4.23. The van der Waals surface area contributed by atoms with Crippen molar-refractivity contribution >= 4 is 21.6 Å². The lowest BCUT2D eigenvalue weighted by Crippen LogP contribution is -2.32. The minimum Gasteiger partial charge on any atom is -0.371 e. The molecule has 0 spiro atoms. The molecule has 1 aliphatic carbocycles. The van der Waals surface area contributed by atoms with E-state index in [2.05, 4.69) is 65.2 Å². The fourth-order valence-electron chi connectivity index (χ4n) is 2.46. The number of hydrogen-bond acceptors (Lipinski definition) is 2. The summed E-state index contributed by atoms with van der Waals surface area (Å²) in [4.78, 5) is 2.44. The lowest BCUT2D eigenvalue weighted by molar-refractivity contribution is 0.596. The van der Waals surface area contributed by atoms with Crippen LogP contribution in [-0.4, -0.2) is 20.1 Å². The highest BCUT2D eigenvalue weighted by atomic mass is 79.9. The second kappa shape index (κ2) is 5.62. The number of nitrogens with zero attached hydrogens (tertiary/aromatic N) is 1. The highest BCUT2D eigenvalue weighted by molar-refractivity contribution is 9.10. The van der Waals surface area contributed by atoms with E-state index in [4.69, 9.17) is 0 Å². The number of halogens is 1. The Balaban J connectivity index is 2.31. The highest BCUT2D eigenvalue weighted by Crippen LogP contribution is 2.38. The summed E-state index contributed by atoms with van der Waals surface area (Å²) in [5, 5.41) is 3.34. The van der Waals surface area contributed by atoms with Crippen LogP contribution in [0.2, 0.25) is 0 Å². The van der Waals surface area contributed by atoms with Crippen LogP contribution in [0, 0.1) is 5.92 Å². The van der Waals surface area contributed by atoms with Gasteiger partial charge in [0.05, 0.1) is 0 Å². The van der Waals surface area contributed by atoms with Gasteiger partial charge in [-0.2, -0.15) is 0 Å². The third-order valence-electron chi connectivity index (χ3n) is 4.19. The van der Waals surface area contributed by atoms with Crippen molar-refractivity contribution in [2.75, 3.05) is 19.0 Å². The molecule has 18 heavy (non-hydrogen) atoms. The SMILES string of the molecule is CNC(C)c1ccc(Br)cc1N(C)C(C)C1CC1. The Kier molecular flexibility index (Phi) is 4.33. The second-order valence-electron chi connectivity index (χ2n) is 5.40. The summed E-state index contributed by atoms with van der Waals surface area (Å²) in [6.45, 7) is 4.55. The maximum absolute atomic E-state index is 3.59. The van der Waals surface area contributed by atoms with Crippen LogP contribution < -0.4 is 10.2 Å². The highest BCUT2D eigenvalue weighted by Gasteiger charge is 2.31. The monoisotopic (exact) mass is 310 g/mol. The molecule has 2 rings (SSSR count). The Hall–Kier alpha value is -0.540. The molecule has 2 unspecified atom stereocenters. The first-order chi connectivity index (χ1) is 8.54. The first-order valence-electron chi connectivity index (χ1n) is 6.74. The fourth-order valence-corrected chi connectivity index (χ4v) is 2.81. The smallest absolute Gasteiger partial charge is 0.0425 e. The molecule has 1 N–H and O–H groups in total. The largest absolute Gasteiger partial charge is 0.371 e. The van der Waals surface area contributed by atoms with Crippen molar-refractivity contribution in [3.63, 3.8) is 0 Å². The quantitative estimate of drug-likeness (QED) is 0.885. The molecule has 0 aromatic heterocycles. The number of benzene rings is 1. The van der Waals surface area contributed by atoms with Gasteiger partial charge in [-0.3, -0.25) is 0 Å². The van der Waals surface area contributed by atoms with E-state index in [0.717, 1.165) is 10.4 Å². The Morgan fingerprint density at radius 3 is 2.56 bits per heavy atom. The van der Waals surface area contributed by atoms with Gasteiger partial charge in [0, 0.05) is 29.3 Å². The van der Waals surface area contributed by atoms with Crippen LogP contribution in [0.15, 0.2) is 22.7 Å². The van der Waals surface area contributed by atoms with Gasteiger partial charge < -0.3 is 10.2 Å². The summed E-state index contributed by atoms with van der Waals surface area (Å²) in [5.41, 5.74) is 2.71. The van der Waals surface area contributed by atoms with Crippen molar-refractivity contribution in [1.29, 1.82) is 0 Å². The lowest BCUT2D eigenvalue weighted by atomic mass is 10.0. The van der Waals surface area contributed by atoms with Gasteiger partial charge in [0.15, 0.2) is 0 Å². The van der Waals surface area contributed by atoms with E-state index in [1.54, 1.807) is 0 Å². The van der Waals surface area contributed by atoms with Gasteiger partial charge >= 0.3 is 0 Å². The van der Waals surface area contributed by atoms with Gasteiger partial charge in [0.25, 0.3) is 0 Å². The molecule has 1 aromatic rings. The van der Waals surface area contributed by atoms with Gasteiger partial charge in [-0.1, -0.05) is 22.0 Å². The number of hydrogen-bond donors (Lipinski definition) is 1. The van der Waals surface area contributed by atoms with Crippen LogP contribution in [0.5, 0.6) is 0 Å². The maximum atomic E-state index is 3.59. The molecule has 3 heteroatoms. The zero-order chi connectivity index (χ0) is 13.3. The van der Waals surface area contributed by atoms with Gasteiger partial charge in [0.1, 0.15) is 0 Å². The van der Waals surface area contributed by atoms with E-state index < -0.39 is 0 Å². The minimum atomic E-state index is 0.377. The van der Waals surface area contributed by atoms with Crippen molar-refractivity contribution in [2.24, 2.45) is 5.92 Å². The van der Waals surface area contributed by atoms with Gasteiger partial charge in [-0.25, -0.2) is 0 Å². The summed E-state index contributed by atoms with van der Waals surface area (Å²) < 4.78 is 1.15. The Labute approximate surface area is 119 Å². The summed E-state index contributed by atoms with van der Waals surface area (Å²) in [6, 6.07) is 7.59. The Morgan fingerprint density at radius 1 is 1.33 bits per heavy atom. The zero-order valence-electron chi connectivity index (χ0n) is 11.7. The maximum Gasteiger partial charge on any atom is 0.0425 e. The van der Waals surface area contributed by atoms with Crippen LogP contribution in [0.3, 0.4) is 0 Å². The average Bonchev–Trinajstić information content (AvgIpc) is 3.20. The van der Waals surface area contributed by atoms with Crippen molar-refractivity contribution < 1.29 is 0 Å². The Morgan fingerprint density at radius 2 is 2.00 bits per heavy atom. The lowest BCUT2D eigenvalue weighted by Gasteiger charge is -2.31.